The fourth-order valence-corrected chi connectivity index (χ4v) is 3.01. The highest BCUT2D eigenvalue weighted by Gasteiger charge is 2.64. The van der Waals surface area contributed by atoms with E-state index in [1.165, 1.54) is 19.1 Å². The number of ether oxygens (including phenoxy) is 1. The van der Waals surface area contributed by atoms with Crippen molar-refractivity contribution in [2.45, 2.75) is 37.5 Å². The fraction of sp³-hybridized carbons (Fsp3) is 0.412. The first-order valence-corrected chi connectivity index (χ1v) is 8.27. The van der Waals surface area contributed by atoms with Crippen LogP contribution >= 0.6 is 0 Å². The minimum absolute atomic E-state index is 0.0190. The SMILES string of the molecule is CCOC(=O)c1cc2n(n1)[C@@H](C(F)(F)C(F)(F)F)C[C@H](c1ccc(F)cc1)N2. The number of anilines is 1. The van der Waals surface area contributed by atoms with Gasteiger partial charge in [0.25, 0.3) is 0 Å². The molecule has 1 aliphatic rings. The van der Waals surface area contributed by atoms with E-state index in [0.717, 1.165) is 18.2 Å². The van der Waals surface area contributed by atoms with Gasteiger partial charge in [-0.1, -0.05) is 12.1 Å². The third kappa shape index (κ3) is 3.52. The van der Waals surface area contributed by atoms with Crippen LogP contribution in [0.2, 0.25) is 0 Å². The summed E-state index contributed by atoms with van der Waals surface area (Å²) in [7, 11) is 0. The Morgan fingerprint density at radius 3 is 2.46 bits per heavy atom. The highest BCUT2D eigenvalue weighted by atomic mass is 19.4. The molecule has 1 N–H and O–H groups in total. The minimum Gasteiger partial charge on any atom is -0.461 e. The minimum atomic E-state index is -5.82. The van der Waals surface area contributed by atoms with Crippen molar-refractivity contribution in [2.75, 3.05) is 11.9 Å². The Hall–Kier alpha value is -2.72. The Bertz CT molecular complexity index is 863. The van der Waals surface area contributed by atoms with E-state index in [9.17, 15) is 31.1 Å². The van der Waals surface area contributed by atoms with E-state index in [2.05, 4.69) is 10.4 Å². The third-order valence-corrected chi connectivity index (χ3v) is 4.37. The van der Waals surface area contributed by atoms with Crippen LogP contribution in [0.15, 0.2) is 30.3 Å². The maximum absolute atomic E-state index is 14.2. The van der Waals surface area contributed by atoms with Crippen LogP contribution in [-0.4, -0.2) is 34.5 Å². The van der Waals surface area contributed by atoms with Crippen molar-refractivity contribution in [3.63, 3.8) is 0 Å². The number of hydrogen-bond donors (Lipinski definition) is 1. The lowest BCUT2D eigenvalue weighted by molar-refractivity contribution is -0.301. The Kier molecular flexibility index (Phi) is 5.02. The molecule has 0 unspecified atom stereocenters. The van der Waals surface area contributed by atoms with Gasteiger partial charge in [-0.15, -0.1) is 0 Å². The molecule has 28 heavy (non-hydrogen) atoms. The van der Waals surface area contributed by atoms with E-state index in [0.29, 0.717) is 10.2 Å². The summed E-state index contributed by atoms with van der Waals surface area (Å²) in [5.41, 5.74) is -0.0819. The second kappa shape index (κ2) is 7.02. The predicted molar refractivity (Wildman–Crippen MR) is 85.6 cm³/mol. The summed E-state index contributed by atoms with van der Waals surface area (Å²) in [5.74, 6) is -6.83. The molecule has 0 fully saturated rings. The molecule has 0 aliphatic carbocycles. The number of nitrogens with one attached hydrogen (secondary N) is 1. The molecular formula is C17H15F6N3O2. The van der Waals surface area contributed by atoms with Crippen molar-refractivity contribution in [3.05, 3.63) is 47.4 Å². The number of benzene rings is 1. The van der Waals surface area contributed by atoms with Crippen molar-refractivity contribution in [1.29, 1.82) is 0 Å². The standard InChI is InChI=1S/C17H15F6N3O2/c1-2-28-15(27)12-8-14-24-11(9-3-5-10(18)6-4-9)7-13(26(14)25-12)16(19,20)17(21,22)23/h3-6,8,11,13,24H,2,7H2,1H3/t11-,13-/m1/s1. The van der Waals surface area contributed by atoms with E-state index in [-0.39, 0.29) is 12.4 Å². The lowest BCUT2D eigenvalue weighted by Gasteiger charge is -2.37. The van der Waals surface area contributed by atoms with Crippen LogP contribution in [0.3, 0.4) is 0 Å². The Balaban J connectivity index is 2.05. The van der Waals surface area contributed by atoms with Gasteiger partial charge in [0.15, 0.2) is 5.69 Å². The lowest BCUT2D eigenvalue weighted by atomic mass is 9.93. The van der Waals surface area contributed by atoms with Gasteiger partial charge in [-0.3, -0.25) is 0 Å². The van der Waals surface area contributed by atoms with E-state index >= 15 is 0 Å². The quantitative estimate of drug-likeness (QED) is 0.599. The average molecular weight is 407 g/mol. The molecule has 0 radical (unpaired) electrons. The molecule has 1 aromatic carbocycles. The third-order valence-electron chi connectivity index (χ3n) is 4.37. The molecule has 3 rings (SSSR count). The van der Waals surface area contributed by atoms with Crippen molar-refractivity contribution < 1.29 is 35.9 Å². The maximum Gasteiger partial charge on any atom is 0.455 e. The summed E-state index contributed by atoms with van der Waals surface area (Å²) < 4.78 is 85.8. The second-order valence-electron chi connectivity index (χ2n) is 6.20. The van der Waals surface area contributed by atoms with E-state index in [4.69, 9.17) is 4.74 Å². The zero-order valence-corrected chi connectivity index (χ0v) is 14.4. The van der Waals surface area contributed by atoms with Gasteiger partial charge in [0.2, 0.25) is 0 Å². The van der Waals surface area contributed by atoms with Gasteiger partial charge in [-0.05, 0) is 24.6 Å². The number of nitrogens with zero attached hydrogens (tertiary/aromatic N) is 2. The molecule has 11 heteroatoms. The number of fused-ring (bicyclic) bond motifs is 1. The number of rotatable bonds is 4. The van der Waals surface area contributed by atoms with E-state index < -0.39 is 48.1 Å². The number of alkyl halides is 5. The Morgan fingerprint density at radius 2 is 1.89 bits per heavy atom. The van der Waals surface area contributed by atoms with Gasteiger partial charge in [-0.25, -0.2) is 13.9 Å². The van der Waals surface area contributed by atoms with Crippen LogP contribution in [0, 0.1) is 5.82 Å². The Labute approximate surface area is 155 Å². The molecule has 1 aliphatic heterocycles. The molecule has 1 aromatic heterocycles. The van der Waals surface area contributed by atoms with E-state index in [1.807, 2.05) is 0 Å². The summed E-state index contributed by atoms with van der Waals surface area (Å²) in [5, 5.41) is 6.39. The average Bonchev–Trinajstić information content (AvgIpc) is 3.05. The summed E-state index contributed by atoms with van der Waals surface area (Å²) in [6, 6.07) is 2.39. The predicted octanol–water partition coefficient (Wildman–Crippen LogP) is 4.49. The first-order chi connectivity index (χ1) is 13.0. The first-order valence-electron chi connectivity index (χ1n) is 8.27. The maximum atomic E-state index is 14.2. The van der Waals surface area contributed by atoms with Gasteiger partial charge in [-0.2, -0.15) is 27.1 Å². The topological polar surface area (TPSA) is 56.2 Å². The van der Waals surface area contributed by atoms with Gasteiger partial charge < -0.3 is 10.1 Å². The van der Waals surface area contributed by atoms with Crippen LogP contribution in [0.5, 0.6) is 0 Å². The first kappa shape index (κ1) is 20.0. The molecule has 152 valence electrons. The van der Waals surface area contributed by atoms with Crippen LogP contribution in [0.1, 0.15) is 41.5 Å². The fourth-order valence-electron chi connectivity index (χ4n) is 3.01. The Morgan fingerprint density at radius 1 is 1.25 bits per heavy atom. The van der Waals surface area contributed by atoms with Gasteiger partial charge in [0, 0.05) is 12.5 Å². The largest absolute Gasteiger partial charge is 0.461 e. The molecule has 0 bridgehead atoms. The highest BCUT2D eigenvalue weighted by molar-refractivity contribution is 5.88. The smallest absolute Gasteiger partial charge is 0.455 e. The van der Waals surface area contributed by atoms with Crippen molar-refractivity contribution in [2.24, 2.45) is 0 Å². The number of aromatic nitrogens is 2. The molecule has 2 heterocycles. The molecule has 0 spiro atoms. The monoisotopic (exact) mass is 407 g/mol. The van der Waals surface area contributed by atoms with E-state index in [1.54, 1.807) is 0 Å². The van der Waals surface area contributed by atoms with Gasteiger partial charge in [0.1, 0.15) is 17.7 Å². The van der Waals surface area contributed by atoms with Crippen LogP contribution in [0.4, 0.5) is 32.2 Å². The summed E-state index contributed by atoms with van der Waals surface area (Å²) in [6.07, 6.45) is -6.51. The highest BCUT2D eigenvalue weighted by Crippen LogP contribution is 2.50. The van der Waals surface area contributed by atoms with Crippen LogP contribution in [0.25, 0.3) is 0 Å². The number of carbonyl (C=O) groups is 1. The summed E-state index contributed by atoms with van der Waals surface area (Å²) in [6.45, 7) is 1.49. The molecule has 2 atom stereocenters. The zero-order valence-electron chi connectivity index (χ0n) is 14.4. The number of halogens is 6. The zero-order chi connectivity index (χ0) is 20.7. The normalized spacial score (nSPS) is 19.7. The van der Waals surface area contributed by atoms with Crippen molar-refractivity contribution in [3.8, 4) is 0 Å². The molecule has 0 amide bonds. The number of esters is 1. The molecular weight excluding hydrogens is 392 g/mol. The number of carbonyl (C=O) groups excluding carboxylic acids is 1. The van der Waals surface area contributed by atoms with Gasteiger partial charge in [0.05, 0.1) is 12.6 Å². The number of hydrogen-bond acceptors (Lipinski definition) is 4. The van der Waals surface area contributed by atoms with Gasteiger partial charge >= 0.3 is 18.1 Å². The molecule has 2 aromatic rings. The van der Waals surface area contributed by atoms with Crippen molar-refractivity contribution >= 4 is 11.8 Å². The van der Waals surface area contributed by atoms with Crippen LogP contribution in [-0.2, 0) is 4.74 Å². The summed E-state index contributed by atoms with van der Waals surface area (Å²) in [4.78, 5) is 11.8. The molecule has 5 nitrogen and oxygen atoms in total. The van der Waals surface area contributed by atoms with Crippen LogP contribution < -0.4 is 5.32 Å². The summed E-state index contributed by atoms with van der Waals surface area (Å²) >= 11 is 0. The molecule has 0 saturated heterocycles. The molecule has 0 saturated carbocycles. The second-order valence-corrected chi connectivity index (χ2v) is 6.20. The van der Waals surface area contributed by atoms with Crippen molar-refractivity contribution in [1.82, 2.24) is 9.78 Å². The lowest BCUT2D eigenvalue weighted by Crippen LogP contribution is -2.47.